The molecular formula is C25H20FN7O4. The van der Waals surface area contributed by atoms with Gasteiger partial charge in [0.15, 0.2) is 11.6 Å². The van der Waals surface area contributed by atoms with Crippen LogP contribution in [0, 0.1) is 5.82 Å². The number of Topliss-reactive ketones (excluding diaryl/α,β-unsaturated/α-hetero) is 1. The molecule has 1 aliphatic heterocycles. The number of hydrogen-bond acceptors (Lipinski definition) is 8. The largest absolute Gasteiger partial charge is 0.364 e. The van der Waals surface area contributed by atoms with Gasteiger partial charge in [0, 0.05) is 29.6 Å². The molecular weight excluding hydrogens is 481 g/mol. The molecule has 12 heteroatoms. The zero-order valence-electron chi connectivity index (χ0n) is 19.6. The Hall–Kier alpha value is -5.00. The minimum absolute atomic E-state index is 0.130. The number of amides is 2. The molecule has 0 atom stereocenters. The highest BCUT2D eigenvalue weighted by molar-refractivity contribution is 6.10. The zero-order valence-corrected chi connectivity index (χ0v) is 19.6. The highest BCUT2D eigenvalue weighted by atomic mass is 19.1. The van der Waals surface area contributed by atoms with Crippen LogP contribution in [-0.2, 0) is 20.9 Å². The average Bonchev–Trinajstić information content (AvgIpc) is 3.54. The summed E-state index contributed by atoms with van der Waals surface area (Å²) in [5.74, 6) is -1.16. The number of hydrogen-bond donors (Lipinski definition) is 1. The van der Waals surface area contributed by atoms with Gasteiger partial charge >= 0.3 is 0 Å². The molecule has 0 radical (unpaired) electrons. The van der Waals surface area contributed by atoms with E-state index in [1.165, 1.54) is 35.7 Å². The lowest BCUT2D eigenvalue weighted by Gasteiger charge is -2.22. The molecule has 0 bridgehead atoms. The summed E-state index contributed by atoms with van der Waals surface area (Å²) in [4.78, 5) is 46.1. The summed E-state index contributed by atoms with van der Waals surface area (Å²) in [5, 5.41) is 11.1. The van der Waals surface area contributed by atoms with Gasteiger partial charge in [-0.15, -0.1) is 0 Å². The third-order valence-corrected chi connectivity index (χ3v) is 5.65. The van der Waals surface area contributed by atoms with Crippen LogP contribution in [-0.4, -0.2) is 53.9 Å². The number of rotatable bonds is 7. The van der Waals surface area contributed by atoms with E-state index < -0.39 is 11.8 Å². The molecule has 11 nitrogen and oxygen atoms in total. The first-order valence-electron chi connectivity index (χ1n) is 11.2. The third-order valence-electron chi connectivity index (χ3n) is 5.65. The second-order valence-electron chi connectivity index (χ2n) is 8.30. The topological polar surface area (TPSA) is 136 Å². The number of carbonyl (C=O) groups is 3. The summed E-state index contributed by atoms with van der Waals surface area (Å²) in [6.45, 7) is 1.45. The minimum Gasteiger partial charge on any atom is -0.364 e. The molecule has 1 aliphatic rings. The van der Waals surface area contributed by atoms with Crippen LogP contribution in [0.25, 0.3) is 22.9 Å². The molecule has 5 rings (SSSR count). The average molecular weight is 501 g/mol. The van der Waals surface area contributed by atoms with Gasteiger partial charge in [-0.2, -0.15) is 5.10 Å². The van der Waals surface area contributed by atoms with Crippen molar-refractivity contribution in [2.24, 2.45) is 0 Å². The van der Waals surface area contributed by atoms with Gasteiger partial charge in [0.2, 0.25) is 11.8 Å². The molecule has 186 valence electrons. The molecule has 4 aromatic rings. The summed E-state index contributed by atoms with van der Waals surface area (Å²) in [6, 6.07) is 11.2. The molecule has 0 unspecified atom stereocenters. The molecule has 0 saturated carbocycles. The van der Waals surface area contributed by atoms with Crippen molar-refractivity contribution in [3.8, 4) is 22.9 Å². The number of nitrogens with one attached hydrogen (secondary N) is 1. The van der Waals surface area contributed by atoms with E-state index in [2.05, 4.69) is 25.5 Å². The van der Waals surface area contributed by atoms with Gasteiger partial charge in [-0.05, 0) is 25.1 Å². The summed E-state index contributed by atoms with van der Waals surface area (Å²) in [7, 11) is 0. The van der Waals surface area contributed by atoms with Crippen molar-refractivity contribution in [2.45, 2.75) is 19.9 Å². The van der Waals surface area contributed by atoms with Crippen molar-refractivity contribution in [3.63, 3.8) is 0 Å². The Morgan fingerprint density at radius 2 is 2.00 bits per heavy atom. The van der Waals surface area contributed by atoms with E-state index >= 15 is 0 Å². The van der Waals surface area contributed by atoms with Gasteiger partial charge < -0.3 is 14.7 Å². The maximum atomic E-state index is 14.3. The second-order valence-corrected chi connectivity index (χ2v) is 8.30. The van der Waals surface area contributed by atoms with Crippen LogP contribution in [0.15, 0.2) is 71.2 Å². The molecule has 0 aliphatic carbocycles. The van der Waals surface area contributed by atoms with E-state index in [1.54, 1.807) is 41.9 Å². The molecule has 3 aromatic heterocycles. The summed E-state index contributed by atoms with van der Waals surface area (Å²) >= 11 is 0. The lowest BCUT2D eigenvalue weighted by atomic mass is 10.1. The van der Waals surface area contributed by atoms with Crippen LogP contribution in [0.4, 0.5) is 10.2 Å². The first-order valence-corrected chi connectivity index (χ1v) is 11.2. The number of benzene rings is 1. The van der Waals surface area contributed by atoms with Crippen LogP contribution in [0.5, 0.6) is 0 Å². The summed E-state index contributed by atoms with van der Waals surface area (Å²) in [5.41, 5.74) is 2.26. The van der Waals surface area contributed by atoms with Crippen LogP contribution >= 0.6 is 0 Å². The molecule has 0 spiro atoms. The van der Waals surface area contributed by atoms with Crippen molar-refractivity contribution >= 4 is 23.4 Å². The Morgan fingerprint density at radius 1 is 1.16 bits per heavy atom. The minimum atomic E-state index is -0.496. The Kier molecular flexibility index (Phi) is 6.37. The van der Waals surface area contributed by atoms with E-state index in [-0.39, 0.29) is 42.8 Å². The predicted molar refractivity (Wildman–Crippen MR) is 128 cm³/mol. The van der Waals surface area contributed by atoms with Gasteiger partial charge in [-0.1, -0.05) is 23.4 Å². The van der Waals surface area contributed by atoms with Crippen molar-refractivity contribution in [2.75, 3.05) is 11.9 Å². The highest BCUT2D eigenvalue weighted by Crippen LogP contribution is 2.25. The van der Waals surface area contributed by atoms with E-state index in [0.717, 1.165) is 0 Å². The smallest absolute Gasteiger partial charge is 0.245 e. The summed E-state index contributed by atoms with van der Waals surface area (Å²) in [6.07, 6.45) is 3.98. The van der Waals surface area contributed by atoms with Crippen LogP contribution in [0.1, 0.15) is 18.9 Å². The molecule has 0 fully saturated rings. The van der Waals surface area contributed by atoms with Gasteiger partial charge in [0.05, 0.1) is 18.7 Å². The van der Waals surface area contributed by atoms with E-state index in [0.29, 0.717) is 28.2 Å². The van der Waals surface area contributed by atoms with Crippen molar-refractivity contribution in [1.82, 2.24) is 29.8 Å². The maximum Gasteiger partial charge on any atom is 0.245 e. The number of allylic oxidation sites excluding steroid dienone is 1. The van der Waals surface area contributed by atoms with Crippen molar-refractivity contribution in [3.05, 3.63) is 78.1 Å². The van der Waals surface area contributed by atoms with E-state index in [9.17, 15) is 18.8 Å². The quantitative estimate of drug-likeness (QED) is 0.382. The van der Waals surface area contributed by atoms with Gasteiger partial charge in [-0.25, -0.2) is 14.4 Å². The van der Waals surface area contributed by atoms with E-state index in [4.69, 9.17) is 4.52 Å². The van der Waals surface area contributed by atoms with Crippen molar-refractivity contribution in [1.29, 1.82) is 0 Å². The van der Waals surface area contributed by atoms with Gasteiger partial charge in [-0.3, -0.25) is 19.1 Å². The molecule has 37 heavy (non-hydrogen) atoms. The predicted octanol–water partition coefficient (Wildman–Crippen LogP) is 2.83. The number of anilines is 1. The second kappa shape index (κ2) is 9.93. The van der Waals surface area contributed by atoms with E-state index in [1.807, 2.05) is 0 Å². The first kappa shape index (κ1) is 23.7. The standard InChI is InChI=1S/C25H20FN7O4/c1-15-12-32(24(36)11-21(15)34)14-23(35)28-22-6-8-27-25(29-22)19-10-20(18-7-9-37-31-18)33(30-19)13-16-4-2-3-5-17(16)26/h2-10,12H,11,13-14H2,1H3,(H,27,28,29,35). The highest BCUT2D eigenvalue weighted by Gasteiger charge is 2.25. The van der Waals surface area contributed by atoms with Crippen LogP contribution < -0.4 is 5.32 Å². The first-order chi connectivity index (χ1) is 17.9. The molecule has 2 amide bonds. The molecule has 1 aromatic carbocycles. The fourth-order valence-electron chi connectivity index (χ4n) is 3.76. The molecule has 1 N–H and O–H groups in total. The van der Waals surface area contributed by atoms with Gasteiger partial charge in [0.1, 0.15) is 35.8 Å². The number of aromatic nitrogens is 5. The fourth-order valence-corrected chi connectivity index (χ4v) is 3.76. The molecule has 4 heterocycles. The Morgan fingerprint density at radius 3 is 2.78 bits per heavy atom. The fraction of sp³-hybridized carbons (Fsp3) is 0.160. The third kappa shape index (κ3) is 5.17. The monoisotopic (exact) mass is 501 g/mol. The summed E-state index contributed by atoms with van der Waals surface area (Å²) < 4.78 is 20.8. The zero-order chi connectivity index (χ0) is 25.9. The SMILES string of the molecule is CC1=CN(CC(=O)Nc2ccnc(-c3cc(-c4ccon4)n(Cc4ccccc4F)n3)n2)C(=O)CC1=O. The number of nitrogens with zero attached hydrogens (tertiary/aromatic N) is 6. The Balaban J connectivity index is 1.38. The normalized spacial score (nSPS) is 13.6. The Labute approximate surface area is 209 Å². The van der Waals surface area contributed by atoms with Gasteiger partial charge in [0.25, 0.3) is 0 Å². The number of halogens is 1. The maximum absolute atomic E-state index is 14.3. The number of ketones is 1. The van der Waals surface area contributed by atoms with Crippen LogP contribution in [0.3, 0.4) is 0 Å². The van der Waals surface area contributed by atoms with Crippen LogP contribution in [0.2, 0.25) is 0 Å². The lowest BCUT2D eigenvalue weighted by Crippen LogP contribution is -2.38. The Bertz CT molecular complexity index is 1530. The van der Waals surface area contributed by atoms with Crippen molar-refractivity contribution < 1.29 is 23.3 Å². The molecule has 0 saturated heterocycles. The lowest BCUT2D eigenvalue weighted by molar-refractivity contribution is -0.136. The number of carbonyl (C=O) groups excluding carboxylic acids is 3.